The molecule has 0 bridgehead atoms. The van der Waals surface area contributed by atoms with Crippen molar-refractivity contribution in [3.8, 4) is 0 Å². The van der Waals surface area contributed by atoms with Crippen LogP contribution in [0.1, 0.15) is 25.9 Å². The van der Waals surface area contributed by atoms with E-state index >= 15 is 0 Å². The quantitative estimate of drug-likeness (QED) is 0.729. The van der Waals surface area contributed by atoms with Crippen LogP contribution in [-0.4, -0.2) is 28.5 Å². The van der Waals surface area contributed by atoms with Gasteiger partial charge in [0.2, 0.25) is 0 Å². The minimum absolute atomic E-state index is 0.00871. The lowest BCUT2D eigenvalue weighted by atomic mass is 10.2. The summed E-state index contributed by atoms with van der Waals surface area (Å²) in [7, 11) is 0. The molecule has 0 aliphatic heterocycles. The lowest BCUT2D eigenvalue weighted by Gasteiger charge is -2.06. The summed E-state index contributed by atoms with van der Waals surface area (Å²) in [6, 6.07) is 3.95. The zero-order valence-corrected chi connectivity index (χ0v) is 13.6. The molecule has 0 saturated heterocycles. The molecule has 110 valence electrons. The molecule has 0 spiro atoms. The highest BCUT2D eigenvalue weighted by Crippen LogP contribution is 2.14. The molecule has 2 N–H and O–H groups in total. The Hall–Kier alpha value is -1.55. The third-order valence-electron chi connectivity index (χ3n) is 2.57. The van der Waals surface area contributed by atoms with E-state index in [1.807, 2.05) is 22.6 Å². The molecule has 0 saturated carbocycles. The maximum absolute atomic E-state index is 13.0. The summed E-state index contributed by atoms with van der Waals surface area (Å²) in [4.78, 5) is 26.5. The van der Waals surface area contributed by atoms with Crippen LogP contribution in [0.4, 0.5) is 4.39 Å². The zero-order valence-electron chi connectivity index (χ0n) is 10.6. The van der Waals surface area contributed by atoms with Gasteiger partial charge in [0.1, 0.15) is 5.82 Å². The van der Waals surface area contributed by atoms with Crippen LogP contribution in [0.3, 0.4) is 0 Å². The van der Waals surface area contributed by atoms with Gasteiger partial charge in [-0.05, 0) is 40.8 Å². The Morgan fingerprint density at radius 3 is 2.81 bits per heavy atom. The summed E-state index contributed by atoms with van der Waals surface area (Å²) in [6.45, 7) is 0.332. The van der Waals surface area contributed by atoms with Crippen molar-refractivity contribution in [2.45, 2.75) is 6.42 Å². The topological polar surface area (TPSA) is 79.3 Å². The molecule has 1 aromatic carbocycles. The van der Waals surface area contributed by atoms with Crippen LogP contribution in [0, 0.1) is 9.39 Å². The van der Waals surface area contributed by atoms with Crippen LogP contribution in [0.15, 0.2) is 23.6 Å². The number of thiazole rings is 1. The Balaban J connectivity index is 1.90. The van der Waals surface area contributed by atoms with E-state index in [0.29, 0.717) is 27.1 Å². The second-order valence-corrected chi connectivity index (χ2v) is 6.17. The molecule has 0 atom stereocenters. The van der Waals surface area contributed by atoms with Crippen LogP contribution in [0.25, 0.3) is 0 Å². The molecule has 0 unspecified atom stereocenters. The van der Waals surface area contributed by atoms with E-state index < -0.39 is 5.97 Å². The molecule has 0 fully saturated rings. The molecule has 1 aromatic heterocycles. The molecular formula is C13H10FIN2O3S. The minimum Gasteiger partial charge on any atom is -0.476 e. The van der Waals surface area contributed by atoms with Crippen LogP contribution in [-0.2, 0) is 6.42 Å². The van der Waals surface area contributed by atoms with E-state index in [1.54, 1.807) is 0 Å². The van der Waals surface area contributed by atoms with Gasteiger partial charge in [-0.15, -0.1) is 11.3 Å². The minimum atomic E-state index is -1.07. The number of hydrogen-bond acceptors (Lipinski definition) is 4. The third-order valence-corrected chi connectivity index (χ3v) is 4.37. The second-order valence-electron chi connectivity index (χ2n) is 4.06. The zero-order chi connectivity index (χ0) is 15.4. The number of rotatable bonds is 5. The monoisotopic (exact) mass is 420 g/mol. The Morgan fingerprint density at radius 2 is 2.19 bits per heavy atom. The first-order chi connectivity index (χ1) is 9.97. The Kier molecular flexibility index (Phi) is 5.23. The standard InChI is InChI=1S/C13H10FIN2O3S/c14-7-1-2-8(9(15)5-7)12(18)16-4-3-11-17-10(6-21-11)13(19)20/h1-2,5-6H,3-4H2,(H,16,18)(H,19,20). The van der Waals surface area contributed by atoms with E-state index in [2.05, 4.69) is 10.3 Å². The van der Waals surface area contributed by atoms with E-state index in [1.165, 1.54) is 34.9 Å². The van der Waals surface area contributed by atoms with Crippen molar-refractivity contribution in [3.63, 3.8) is 0 Å². The van der Waals surface area contributed by atoms with Gasteiger partial charge in [0.25, 0.3) is 5.91 Å². The van der Waals surface area contributed by atoms with Gasteiger partial charge < -0.3 is 10.4 Å². The molecule has 21 heavy (non-hydrogen) atoms. The normalized spacial score (nSPS) is 10.4. The number of carbonyl (C=O) groups excluding carboxylic acids is 1. The maximum atomic E-state index is 13.0. The number of nitrogens with zero attached hydrogens (tertiary/aromatic N) is 1. The summed E-state index contributed by atoms with van der Waals surface area (Å²) in [5.41, 5.74) is 0.414. The van der Waals surface area contributed by atoms with Gasteiger partial charge in [0.15, 0.2) is 5.69 Å². The van der Waals surface area contributed by atoms with E-state index in [9.17, 15) is 14.0 Å². The van der Waals surface area contributed by atoms with Gasteiger partial charge in [-0.3, -0.25) is 4.79 Å². The van der Waals surface area contributed by atoms with Gasteiger partial charge in [-0.2, -0.15) is 0 Å². The molecule has 0 aliphatic rings. The lowest BCUT2D eigenvalue weighted by molar-refractivity contribution is 0.0690. The van der Waals surface area contributed by atoms with Crippen molar-refractivity contribution >= 4 is 45.8 Å². The first kappa shape index (κ1) is 15.8. The van der Waals surface area contributed by atoms with Crippen LogP contribution >= 0.6 is 33.9 Å². The molecule has 2 rings (SSSR count). The fourth-order valence-corrected chi connectivity index (χ4v) is 3.07. The number of aromatic nitrogens is 1. The number of benzene rings is 1. The molecule has 1 heterocycles. The van der Waals surface area contributed by atoms with Crippen molar-refractivity contribution in [2.24, 2.45) is 0 Å². The SMILES string of the molecule is O=C(O)c1csc(CCNC(=O)c2ccc(F)cc2I)n1. The number of aromatic carboxylic acids is 1. The fraction of sp³-hybridized carbons (Fsp3) is 0.154. The maximum Gasteiger partial charge on any atom is 0.355 e. The predicted octanol–water partition coefficient (Wildman–Crippen LogP) is 2.56. The van der Waals surface area contributed by atoms with Crippen molar-refractivity contribution in [2.75, 3.05) is 6.54 Å². The molecular weight excluding hydrogens is 410 g/mol. The molecule has 0 aliphatic carbocycles. The smallest absolute Gasteiger partial charge is 0.355 e. The summed E-state index contributed by atoms with van der Waals surface area (Å²) in [5, 5.41) is 13.6. The van der Waals surface area contributed by atoms with E-state index in [0.717, 1.165) is 0 Å². The highest BCUT2D eigenvalue weighted by molar-refractivity contribution is 14.1. The van der Waals surface area contributed by atoms with Crippen molar-refractivity contribution < 1.29 is 19.1 Å². The lowest BCUT2D eigenvalue weighted by Crippen LogP contribution is -2.26. The summed E-state index contributed by atoms with van der Waals surface area (Å²) in [6.07, 6.45) is 0.446. The Morgan fingerprint density at radius 1 is 1.43 bits per heavy atom. The van der Waals surface area contributed by atoms with Gasteiger partial charge in [0.05, 0.1) is 10.6 Å². The summed E-state index contributed by atoms with van der Waals surface area (Å²) in [5.74, 6) is -1.75. The molecule has 8 heteroatoms. The predicted molar refractivity (Wildman–Crippen MR) is 84.2 cm³/mol. The third kappa shape index (κ3) is 4.21. The Labute approximate surface area is 137 Å². The molecule has 2 aromatic rings. The van der Waals surface area contributed by atoms with E-state index in [4.69, 9.17) is 5.11 Å². The first-order valence-electron chi connectivity index (χ1n) is 5.88. The number of carbonyl (C=O) groups is 2. The average molecular weight is 420 g/mol. The highest BCUT2D eigenvalue weighted by Gasteiger charge is 2.11. The van der Waals surface area contributed by atoms with Gasteiger partial charge >= 0.3 is 5.97 Å². The average Bonchev–Trinajstić information content (AvgIpc) is 2.87. The van der Waals surface area contributed by atoms with Gasteiger partial charge in [-0.1, -0.05) is 0 Å². The molecule has 1 amide bonds. The number of halogens is 2. The van der Waals surface area contributed by atoms with Crippen LogP contribution < -0.4 is 5.32 Å². The van der Waals surface area contributed by atoms with Crippen molar-refractivity contribution in [3.05, 3.63) is 49.2 Å². The number of carboxylic acid groups (broad SMARTS) is 1. The second kappa shape index (κ2) is 6.94. The molecule has 0 radical (unpaired) electrons. The number of nitrogens with one attached hydrogen (secondary N) is 1. The van der Waals surface area contributed by atoms with Crippen molar-refractivity contribution in [1.82, 2.24) is 10.3 Å². The first-order valence-corrected chi connectivity index (χ1v) is 7.84. The number of amides is 1. The van der Waals surface area contributed by atoms with Crippen LogP contribution in [0.5, 0.6) is 0 Å². The number of hydrogen-bond donors (Lipinski definition) is 2. The Bertz CT molecular complexity index is 690. The van der Waals surface area contributed by atoms with Gasteiger partial charge in [-0.25, -0.2) is 14.2 Å². The highest BCUT2D eigenvalue weighted by atomic mass is 127. The number of carboxylic acids is 1. The fourth-order valence-electron chi connectivity index (χ4n) is 1.58. The summed E-state index contributed by atoms with van der Waals surface area (Å²) < 4.78 is 13.5. The largest absolute Gasteiger partial charge is 0.476 e. The van der Waals surface area contributed by atoms with E-state index in [-0.39, 0.29) is 17.4 Å². The van der Waals surface area contributed by atoms with Crippen LogP contribution in [0.2, 0.25) is 0 Å². The van der Waals surface area contributed by atoms with Gasteiger partial charge in [0, 0.05) is 21.9 Å². The molecule has 5 nitrogen and oxygen atoms in total. The summed E-state index contributed by atoms with van der Waals surface area (Å²) >= 11 is 3.13. The van der Waals surface area contributed by atoms with Crippen molar-refractivity contribution in [1.29, 1.82) is 0 Å².